The molecule has 1 heterocycles. The lowest BCUT2D eigenvalue weighted by atomic mass is 9.87. The largest absolute Gasteiger partial charge is 0.497 e. The van der Waals surface area contributed by atoms with E-state index in [0.29, 0.717) is 17.2 Å². The van der Waals surface area contributed by atoms with E-state index in [0.717, 1.165) is 22.0 Å². The molecular weight excluding hydrogens is 395 g/mol. The average molecular weight is 418 g/mol. The predicted molar refractivity (Wildman–Crippen MR) is 119 cm³/mol. The third-order valence-electron chi connectivity index (χ3n) is 5.33. The number of methoxy groups -OCH3 is 2. The third-order valence-corrected chi connectivity index (χ3v) is 5.33. The van der Waals surface area contributed by atoms with Crippen LogP contribution in [0.25, 0.3) is 10.9 Å². The van der Waals surface area contributed by atoms with E-state index in [1.165, 1.54) is 12.1 Å². The summed E-state index contributed by atoms with van der Waals surface area (Å²) in [6, 6.07) is 19.3. The highest BCUT2D eigenvalue weighted by Crippen LogP contribution is 2.39. The highest BCUT2D eigenvalue weighted by atomic mass is 19.1. The molecule has 3 aromatic carbocycles. The maximum Gasteiger partial charge on any atom is 0.225 e. The number of aromatic nitrogens is 1. The summed E-state index contributed by atoms with van der Waals surface area (Å²) in [4.78, 5) is 16.2. The van der Waals surface area contributed by atoms with Crippen LogP contribution in [0.4, 0.5) is 10.1 Å². The molecule has 4 rings (SSSR count). The van der Waals surface area contributed by atoms with E-state index in [1.807, 2.05) is 48.7 Å². The van der Waals surface area contributed by atoms with E-state index in [-0.39, 0.29) is 24.1 Å². The number of anilines is 1. The predicted octanol–water partition coefficient (Wildman–Crippen LogP) is 5.48. The highest BCUT2D eigenvalue weighted by Gasteiger charge is 2.25. The van der Waals surface area contributed by atoms with Crippen molar-refractivity contribution >= 4 is 22.5 Å². The summed E-state index contributed by atoms with van der Waals surface area (Å²) in [5, 5.41) is 3.90. The number of hydrogen-bond acceptors (Lipinski definition) is 3. The number of fused-ring (bicyclic) bond motifs is 1. The van der Waals surface area contributed by atoms with E-state index in [4.69, 9.17) is 9.47 Å². The summed E-state index contributed by atoms with van der Waals surface area (Å²) in [6.07, 6.45) is 2.12. The molecule has 0 aliphatic heterocycles. The third kappa shape index (κ3) is 4.38. The molecule has 4 aromatic rings. The number of rotatable bonds is 7. The molecule has 1 atom stereocenters. The number of benzene rings is 3. The van der Waals surface area contributed by atoms with Crippen LogP contribution in [-0.4, -0.2) is 25.1 Å². The van der Waals surface area contributed by atoms with Crippen molar-refractivity contribution in [3.05, 3.63) is 89.9 Å². The molecule has 158 valence electrons. The molecule has 0 bridgehead atoms. The Balaban J connectivity index is 1.73. The second kappa shape index (κ2) is 8.92. The highest BCUT2D eigenvalue weighted by molar-refractivity contribution is 5.93. The summed E-state index contributed by atoms with van der Waals surface area (Å²) >= 11 is 0. The molecule has 0 aliphatic carbocycles. The minimum Gasteiger partial charge on any atom is -0.497 e. The van der Waals surface area contributed by atoms with E-state index < -0.39 is 0 Å². The number of amides is 1. The number of ether oxygens (including phenoxy) is 2. The van der Waals surface area contributed by atoms with Crippen molar-refractivity contribution in [1.29, 1.82) is 0 Å². The van der Waals surface area contributed by atoms with Gasteiger partial charge in [-0.25, -0.2) is 4.39 Å². The van der Waals surface area contributed by atoms with E-state index >= 15 is 0 Å². The molecule has 5 nitrogen and oxygen atoms in total. The Kier molecular flexibility index (Phi) is 5.89. The van der Waals surface area contributed by atoms with Crippen molar-refractivity contribution in [1.82, 2.24) is 4.98 Å². The Morgan fingerprint density at radius 1 is 1.00 bits per heavy atom. The van der Waals surface area contributed by atoms with Crippen molar-refractivity contribution in [3.63, 3.8) is 0 Å². The van der Waals surface area contributed by atoms with Crippen LogP contribution in [0.2, 0.25) is 0 Å². The Morgan fingerprint density at radius 2 is 1.77 bits per heavy atom. The molecule has 0 radical (unpaired) electrons. The summed E-state index contributed by atoms with van der Waals surface area (Å²) < 4.78 is 24.1. The number of nitrogens with one attached hydrogen (secondary N) is 2. The number of carbonyl (C=O) groups excluding carboxylic acids is 1. The first kappa shape index (κ1) is 20.5. The second-order valence-electron chi connectivity index (χ2n) is 7.21. The first-order valence-electron chi connectivity index (χ1n) is 9.92. The molecule has 0 saturated heterocycles. The Bertz CT molecular complexity index is 1200. The van der Waals surface area contributed by atoms with Gasteiger partial charge in [0.25, 0.3) is 0 Å². The number of halogens is 1. The van der Waals surface area contributed by atoms with Gasteiger partial charge in [-0.3, -0.25) is 4.79 Å². The van der Waals surface area contributed by atoms with Gasteiger partial charge in [-0.05, 0) is 42.0 Å². The number of aromatic amines is 1. The molecule has 0 saturated carbocycles. The Morgan fingerprint density at radius 3 is 2.52 bits per heavy atom. The first-order valence-corrected chi connectivity index (χ1v) is 9.92. The van der Waals surface area contributed by atoms with Crippen LogP contribution in [0.5, 0.6) is 11.5 Å². The molecule has 1 amide bonds. The van der Waals surface area contributed by atoms with Gasteiger partial charge in [0.2, 0.25) is 5.91 Å². The number of H-pyrrole nitrogens is 1. The van der Waals surface area contributed by atoms with Gasteiger partial charge in [0.1, 0.15) is 17.3 Å². The number of carbonyl (C=O) groups is 1. The van der Waals surface area contributed by atoms with Crippen LogP contribution in [0.1, 0.15) is 23.5 Å². The van der Waals surface area contributed by atoms with Gasteiger partial charge in [-0.1, -0.05) is 24.3 Å². The van der Waals surface area contributed by atoms with Crippen LogP contribution in [0, 0.1) is 5.82 Å². The SMILES string of the molecule is COc1ccc(C(CC(=O)Nc2ccc(F)cc2)c2c[nH]c3ccccc23)c(OC)c1. The summed E-state index contributed by atoms with van der Waals surface area (Å²) in [6.45, 7) is 0. The fourth-order valence-corrected chi connectivity index (χ4v) is 3.81. The van der Waals surface area contributed by atoms with Crippen LogP contribution in [-0.2, 0) is 4.79 Å². The van der Waals surface area contributed by atoms with Gasteiger partial charge in [0, 0.05) is 46.8 Å². The van der Waals surface area contributed by atoms with Crippen molar-refractivity contribution in [2.24, 2.45) is 0 Å². The van der Waals surface area contributed by atoms with Gasteiger partial charge in [0.05, 0.1) is 14.2 Å². The molecule has 0 fully saturated rings. The van der Waals surface area contributed by atoms with Crippen LogP contribution in [0.15, 0.2) is 72.9 Å². The molecule has 0 spiro atoms. The van der Waals surface area contributed by atoms with Crippen LogP contribution < -0.4 is 14.8 Å². The summed E-state index contributed by atoms with van der Waals surface area (Å²) in [7, 11) is 3.20. The lowest BCUT2D eigenvalue weighted by Crippen LogP contribution is -2.17. The number of hydrogen-bond donors (Lipinski definition) is 2. The summed E-state index contributed by atoms with van der Waals surface area (Å²) in [5.74, 6) is 0.521. The lowest BCUT2D eigenvalue weighted by Gasteiger charge is -2.20. The molecule has 31 heavy (non-hydrogen) atoms. The fraction of sp³-hybridized carbons (Fsp3) is 0.160. The fourth-order valence-electron chi connectivity index (χ4n) is 3.81. The number of para-hydroxylation sites is 1. The average Bonchev–Trinajstić information content (AvgIpc) is 3.22. The molecule has 1 unspecified atom stereocenters. The van der Waals surface area contributed by atoms with Crippen LogP contribution in [0.3, 0.4) is 0 Å². The minimum absolute atomic E-state index is 0.181. The van der Waals surface area contributed by atoms with E-state index in [2.05, 4.69) is 10.3 Å². The lowest BCUT2D eigenvalue weighted by molar-refractivity contribution is -0.116. The van der Waals surface area contributed by atoms with Gasteiger partial charge >= 0.3 is 0 Å². The zero-order chi connectivity index (χ0) is 21.8. The van der Waals surface area contributed by atoms with Crippen molar-refractivity contribution in [3.8, 4) is 11.5 Å². The Labute approximate surface area is 179 Å². The monoisotopic (exact) mass is 418 g/mol. The van der Waals surface area contributed by atoms with E-state index in [9.17, 15) is 9.18 Å². The minimum atomic E-state index is -0.349. The normalized spacial score (nSPS) is 11.8. The van der Waals surface area contributed by atoms with Crippen molar-refractivity contribution in [2.75, 3.05) is 19.5 Å². The van der Waals surface area contributed by atoms with Gasteiger partial charge in [-0.2, -0.15) is 0 Å². The van der Waals surface area contributed by atoms with Crippen LogP contribution >= 0.6 is 0 Å². The molecular formula is C25H23FN2O3. The van der Waals surface area contributed by atoms with Gasteiger partial charge in [0.15, 0.2) is 0 Å². The van der Waals surface area contributed by atoms with Crippen molar-refractivity contribution < 1.29 is 18.7 Å². The Hall–Kier alpha value is -3.80. The maximum atomic E-state index is 13.2. The van der Waals surface area contributed by atoms with E-state index in [1.54, 1.807) is 26.4 Å². The zero-order valence-electron chi connectivity index (χ0n) is 17.3. The van der Waals surface area contributed by atoms with Gasteiger partial charge < -0.3 is 19.8 Å². The molecule has 1 aromatic heterocycles. The first-order chi connectivity index (χ1) is 15.1. The quantitative estimate of drug-likeness (QED) is 0.417. The standard InChI is InChI=1S/C25H23FN2O3/c1-30-18-11-12-20(24(13-18)31-2)21(22-15-27-23-6-4-3-5-19(22)23)14-25(29)28-17-9-7-16(26)8-10-17/h3-13,15,21,27H,14H2,1-2H3,(H,28,29). The smallest absolute Gasteiger partial charge is 0.225 e. The maximum absolute atomic E-state index is 13.2. The van der Waals surface area contributed by atoms with Gasteiger partial charge in [-0.15, -0.1) is 0 Å². The second-order valence-corrected chi connectivity index (χ2v) is 7.21. The topological polar surface area (TPSA) is 63.3 Å². The zero-order valence-corrected chi connectivity index (χ0v) is 17.3. The van der Waals surface area contributed by atoms with Crippen molar-refractivity contribution in [2.45, 2.75) is 12.3 Å². The molecule has 2 N–H and O–H groups in total. The summed E-state index contributed by atoms with van der Waals surface area (Å²) in [5.41, 5.74) is 3.41. The molecule has 6 heteroatoms. The molecule has 0 aliphatic rings.